The van der Waals surface area contributed by atoms with Crippen molar-refractivity contribution in [1.82, 2.24) is 14.7 Å². The number of carbonyl (C=O) groups is 2. The van der Waals surface area contributed by atoms with Gasteiger partial charge in [-0.05, 0) is 44.6 Å². The van der Waals surface area contributed by atoms with Gasteiger partial charge in [0.25, 0.3) is 0 Å². The molecule has 3 rings (SSSR count). The zero-order valence-corrected chi connectivity index (χ0v) is 14.8. The lowest BCUT2D eigenvalue weighted by atomic mass is 9.76. The number of piperidine rings is 1. The summed E-state index contributed by atoms with van der Waals surface area (Å²) in [7, 11) is 1.62. The molecule has 7 heteroatoms. The van der Waals surface area contributed by atoms with Gasteiger partial charge in [0.1, 0.15) is 0 Å². The van der Waals surface area contributed by atoms with Gasteiger partial charge >= 0.3 is 5.97 Å². The summed E-state index contributed by atoms with van der Waals surface area (Å²) in [5.41, 5.74) is -1.23. The molecule has 1 aromatic rings. The number of aliphatic carboxylic acids is 1. The molecule has 0 bridgehead atoms. The van der Waals surface area contributed by atoms with Crippen LogP contribution in [0.2, 0.25) is 0 Å². The Balaban J connectivity index is 1.69. The van der Waals surface area contributed by atoms with E-state index < -0.39 is 11.4 Å². The van der Waals surface area contributed by atoms with Crippen LogP contribution in [-0.2, 0) is 20.9 Å². The fraction of sp³-hybridized carbons (Fsp3) is 0.722. The quantitative estimate of drug-likeness (QED) is 0.723. The molecule has 1 saturated heterocycles. The van der Waals surface area contributed by atoms with Crippen molar-refractivity contribution in [3.05, 3.63) is 18.5 Å². The molecule has 1 amide bonds. The number of hydrogen-bond donors (Lipinski definition) is 1. The number of carbonyl (C=O) groups excluding carboxylic acids is 1. The molecule has 138 valence electrons. The standard InChI is InChI=1S/C18H27N3O4/c1-25-12-3-6-18(16(23)24)5-2-10-20(13-18)15(22)17(7-8-17)14-21-11-4-9-19-21/h4,9,11H,2-3,5-8,10,12-14H2,1H3,(H,23,24)/t18-/m1/s1. The largest absolute Gasteiger partial charge is 0.481 e. The smallest absolute Gasteiger partial charge is 0.311 e. The normalized spacial score (nSPS) is 24.9. The third-order valence-corrected chi connectivity index (χ3v) is 5.65. The van der Waals surface area contributed by atoms with Crippen LogP contribution in [0.5, 0.6) is 0 Å². The summed E-state index contributed by atoms with van der Waals surface area (Å²) in [6.07, 6.45) is 7.90. The monoisotopic (exact) mass is 349 g/mol. The fourth-order valence-corrected chi connectivity index (χ4v) is 3.98. The Morgan fingerprint density at radius 1 is 1.28 bits per heavy atom. The summed E-state index contributed by atoms with van der Waals surface area (Å²) < 4.78 is 6.88. The minimum absolute atomic E-state index is 0.0973. The van der Waals surface area contributed by atoms with E-state index in [0.29, 0.717) is 45.5 Å². The topological polar surface area (TPSA) is 84.7 Å². The van der Waals surface area contributed by atoms with Crippen LogP contribution in [0.1, 0.15) is 38.5 Å². The van der Waals surface area contributed by atoms with E-state index in [-0.39, 0.29) is 11.3 Å². The molecule has 1 saturated carbocycles. The van der Waals surface area contributed by atoms with Gasteiger partial charge in [-0.3, -0.25) is 14.3 Å². The highest BCUT2D eigenvalue weighted by Crippen LogP contribution is 2.49. The van der Waals surface area contributed by atoms with Gasteiger partial charge in [0.15, 0.2) is 0 Å². The zero-order valence-electron chi connectivity index (χ0n) is 14.8. The maximum absolute atomic E-state index is 13.1. The third kappa shape index (κ3) is 3.71. The van der Waals surface area contributed by atoms with Crippen molar-refractivity contribution in [3.8, 4) is 0 Å². The molecule has 2 fully saturated rings. The number of aromatic nitrogens is 2. The Morgan fingerprint density at radius 3 is 2.68 bits per heavy atom. The molecule has 0 unspecified atom stereocenters. The lowest BCUT2D eigenvalue weighted by molar-refractivity contribution is -0.157. The minimum atomic E-state index is -0.839. The molecular formula is C18H27N3O4. The number of hydrogen-bond acceptors (Lipinski definition) is 4. The van der Waals surface area contributed by atoms with Gasteiger partial charge in [-0.25, -0.2) is 0 Å². The van der Waals surface area contributed by atoms with Crippen molar-refractivity contribution in [2.24, 2.45) is 10.8 Å². The molecule has 0 spiro atoms. The van der Waals surface area contributed by atoms with Crippen LogP contribution >= 0.6 is 0 Å². The Hall–Kier alpha value is -1.89. The zero-order chi connectivity index (χ0) is 17.9. The average molecular weight is 349 g/mol. The first-order valence-corrected chi connectivity index (χ1v) is 9.01. The van der Waals surface area contributed by atoms with Gasteiger partial charge in [0.2, 0.25) is 5.91 Å². The molecule has 2 aliphatic rings. The molecule has 2 heterocycles. The summed E-state index contributed by atoms with van der Waals surface area (Å²) in [6, 6.07) is 1.85. The second-order valence-electron chi connectivity index (χ2n) is 7.50. The first kappa shape index (κ1) is 17.9. The summed E-state index contributed by atoms with van der Waals surface area (Å²) in [5.74, 6) is -0.696. The number of carboxylic acid groups (broad SMARTS) is 1. The van der Waals surface area contributed by atoms with E-state index in [9.17, 15) is 14.7 Å². The van der Waals surface area contributed by atoms with Crippen LogP contribution in [0, 0.1) is 10.8 Å². The Kier molecular flexibility index (Phi) is 5.13. The summed E-state index contributed by atoms with van der Waals surface area (Å²) in [5, 5.41) is 14.0. The molecule has 0 aromatic carbocycles. The van der Waals surface area contributed by atoms with E-state index in [1.54, 1.807) is 22.9 Å². The number of nitrogens with zero attached hydrogens (tertiary/aromatic N) is 3. The van der Waals surface area contributed by atoms with E-state index in [1.165, 1.54) is 0 Å². The molecule has 0 radical (unpaired) electrons. The summed E-state index contributed by atoms with van der Waals surface area (Å²) in [6.45, 7) is 2.09. The molecule has 25 heavy (non-hydrogen) atoms. The Morgan fingerprint density at radius 2 is 2.08 bits per heavy atom. The Labute approximate surface area is 147 Å². The van der Waals surface area contributed by atoms with Crippen LogP contribution in [0.4, 0.5) is 0 Å². The maximum Gasteiger partial charge on any atom is 0.311 e. The van der Waals surface area contributed by atoms with Crippen molar-refractivity contribution < 1.29 is 19.4 Å². The van der Waals surface area contributed by atoms with Crippen LogP contribution in [0.3, 0.4) is 0 Å². The van der Waals surface area contributed by atoms with Crippen LogP contribution < -0.4 is 0 Å². The molecule has 1 aromatic heterocycles. The van der Waals surface area contributed by atoms with Crippen molar-refractivity contribution >= 4 is 11.9 Å². The van der Waals surface area contributed by atoms with Crippen molar-refractivity contribution in [1.29, 1.82) is 0 Å². The number of ether oxygens (including phenoxy) is 1. The summed E-state index contributed by atoms with van der Waals surface area (Å²) >= 11 is 0. The molecular weight excluding hydrogens is 322 g/mol. The van der Waals surface area contributed by atoms with Gasteiger partial charge in [-0.1, -0.05) is 0 Å². The Bertz CT molecular complexity index is 612. The van der Waals surface area contributed by atoms with Crippen molar-refractivity contribution in [3.63, 3.8) is 0 Å². The van der Waals surface area contributed by atoms with E-state index in [0.717, 1.165) is 19.3 Å². The number of carboxylic acids is 1. The summed E-state index contributed by atoms with van der Waals surface area (Å²) in [4.78, 5) is 26.9. The number of rotatable bonds is 8. The molecule has 1 aliphatic carbocycles. The van der Waals surface area contributed by atoms with E-state index >= 15 is 0 Å². The van der Waals surface area contributed by atoms with Gasteiger partial charge < -0.3 is 14.7 Å². The van der Waals surface area contributed by atoms with Gasteiger partial charge in [0.05, 0.1) is 17.4 Å². The highest BCUT2D eigenvalue weighted by Gasteiger charge is 2.54. The van der Waals surface area contributed by atoms with Crippen LogP contribution in [-0.4, -0.2) is 58.5 Å². The number of likely N-dealkylation sites (tertiary alicyclic amines) is 1. The second-order valence-corrected chi connectivity index (χ2v) is 7.50. The van der Waals surface area contributed by atoms with Crippen LogP contribution in [0.15, 0.2) is 18.5 Å². The predicted molar refractivity (Wildman–Crippen MR) is 90.9 cm³/mol. The van der Waals surface area contributed by atoms with Gasteiger partial charge in [-0.15, -0.1) is 0 Å². The number of amides is 1. The highest BCUT2D eigenvalue weighted by molar-refractivity contribution is 5.86. The number of methoxy groups -OCH3 is 1. The van der Waals surface area contributed by atoms with E-state index in [2.05, 4.69) is 5.10 Å². The van der Waals surface area contributed by atoms with Gasteiger partial charge in [0, 0.05) is 39.2 Å². The van der Waals surface area contributed by atoms with E-state index in [4.69, 9.17) is 4.74 Å². The fourth-order valence-electron chi connectivity index (χ4n) is 3.98. The molecule has 1 aliphatic heterocycles. The second kappa shape index (κ2) is 7.15. The third-order valence-electron chi connectivity index (χ3n) is 5.65. The maximum atomic E-state index is 13.1. The highest BCUT2D eigenvalue weighted by atomic mass is 16.5. The van der Waals surface area contributed by atoms with Gasteiger partial charge in [-0.2, -0.15) is 5.10 Å². The molecule has 1 atom stereocenters. The SMILES string of the molecule is COCCC[C@]1(C(=O)O)CCCN(C(=O)C2(Cn3cccn3)CC2)C1. The minimum Gasteiger partial charge on any atom is -0.481 e. The van der Waals surface area contributed by atoms with E-state index in [1.807, 2.05) is 12.3 Å². The molecule has 7 nitrogen and oxygen atoms in total. The average Bonchev–Trinajstić information content (AvgIpc) is 3.20. The van der Waals surface area contributed by atoms with Crippen molar-refractivity contribution in [2.45, 2.75) is 45.1 Å². The molecule has 1 N–H and O–H groups in total. The van der Waals surface area contributed by atoms with Crippen molar-refractivity contribution in [2.75, 3.05) is 26.8 Å². The predicted octanol–water partition coefficient (Wildman–Crippen LogP) is 1.78. The lowest BCUT2D eigenvalue weighted by Crippen LogP contribution is -2.52. The van der Waals surface area contributed by atoms with Crippen LogP contribution in [0.25, 0.3) is 0 Å². The first-order valence-electron chi connectivity index (χ1n) is 9.01. The first-order chi connectivity index (χ1) is 12.0. The lowest BCUT2D eigenvalue weighted by Gasteiger charge is -2.41.